The van der Waals surface area contributed by atoms with E-state index in [0.717, 1.165) is 27.8 Å². The zero-order valence-electron chi connectivity index (χ0n) is 11.3. The minimum atomic E-state index is -0.202. The van der Waals surface area contributed by atoms with Crippen molar-refractivity contribution in [1.82, 2.24) is 5.32 Å². The minimum Gasteiger partial charge on any atom is -0.309 e. The van der Waals surface area contributed by atoms with E-state index in [1.165, 1.54) is 12.1 Å². The highest BCUT2D eigenvalue weighted by molar-refractivity contribution is 7.99. The topological polar surface area (TPSA) is 12.0 Å². The molecule has 2 aromatic rings. The van der Waals surface area contributed by atoms with Gasteiger partial charge in [0, 0.05) is 21.7 Å². The highest BCUT2D eigenvalue weighted by Gasteiger charge is 2.11. The van der Waals surface area contributed by atoms with Gasteiger partial charge in [-0.25, -0.2) is 4.39 Å². The molecular weight excluding hydrogens is 293 g/mol. The summed E-state index contributed by atoms with van der Waals surface area (Å²) in [7, 11) is 0. The number of nitrogens with one attached hydrogen (secondary N) is 1. The zero-order valence-corrected chi connectivity index (χ0v) is 12.8. The smallest absolute Gasteiger partial charge is 0.123 e. The largest absolute Gasteiger partial charge is 0.309 e. The van der Waals surface area contributed by atoms with Gasteiger partial charge in [0.15, 0.2) is 0 Å². The van der Waals surface area contributed by atoms with E-state index in [4.69, 9.17) is 11.6 Å². The summed E-state index contributed by atoms with van der Waals surface area (Å²) < 4.78 is 13.0. The molecule has 0 saturated heterocycles. The van der Waals surface area contributed by atoms with Gasteiger partial charge < -0.3 is 5.32 Å². The first-order valence-electron chi connectivity index (χ1n) is 6.56. The standard InChI is InChI=1S/C16H17ClFNS/c1-2-19-16(12-6-8-14(18)9-7-12)11-20-15-5-3-4-13(17)10-15/h3-10,16,19H,2,11H2,1H3. The van der Waals surface area contributed by atoms with Crippen LogP contribution in [0.25, 0.3) is 0 Å². The van der Waals surface area contributed by atoms with Crippen LogP contribution in [-0.2, 0) is 0 Å². The van der Waals surface area contributed by atoms with E-state index in [-0.39, 0.29) is 11.9 Å². The molecular formula is C16H17ClFNS. The molecule has 20 heavy (non-hydrogen) atoms. The number of rotatable bonds is 6. The summed E-state index contributed by atoms with van der Waals surface area (Å²) in [5, 5.41) is 4.17. The summed E-state index contributed by atoms with van der Waals surface area (Å²) in [6, 6.07) is 14.7. The van der Waals surface area contributed by atoms with Gasteiger partial charge in [-0.1, -0.05) is 36.7 Å². The summed E-state index contributed by atoms with van der Waals surface area (Å²) in [6.07, 6.45) is 0. The van der Waals surface area contributed by atoms with Crippen LogP contribution < -0.4 is 5.32 Å². The summed E-state index contributed by atoms with van der Waals surface area (Å²) in [6.45, 7) is 2.94. The van der Waals surface area contributed by atoms with E-state index >= 15 is 0 Å². The van der Waals surface area contributed by atoms with Gasteiger partial charge in [0.2, 0.25) is 0 Å². The van der Waals surface area contributed by atoms with Crippen LogP contribution in [0.4, 0.5) is 4.39 Å². The van der Waals surface area contributed by atoms with Gasteiger partial charge in [0.25, 0.3) is 0 Å². The first-order valence-corrected chi connectivity index (χ1v) is 7.92. The highest BCUT2D eigenvalue weighted by atomic mass is 35.5. The molecule has 4 heteroatoms. The number of hydrogen-bond acceptors (Lipinski definition) is 2. The van der Waals surface area contributed by atoms with Crippen LogP contribution in [-0.4, -0.2) is 12.3 Å². The molecule has 2 rings (SSSR count). The predicted molar refractivity (Wildman–Crippen MR) is 85.0 cm³/mol. The van der Waals surface area contributed by atoms with E-state index in [1.807, 2.05) is 36.4 Å². The fourth-order valence-electron chi connectivity index (χ4n) is 1.95. The average molecular weight is 310 g/mol. The number of benzene rings is 2. The molecule has 1 N–H and O–H groups in total. The van der Waals surface area contributed by atoms with Gasteiger partial charge in [0.05, 0.1) is 0 Å². The van der Waals surface area contributed by atoms with Crippen molar-refractivity contribution in [3.05, 3.63) is 64.9 Å². The molecule has 0 aliphatic heterocycles. The van der Waals surface area contributed by atoms with Crippen molar-refractivity contribution >= 4 is 23.4 Å². The maximum atomic E-state index is 13.0. The molecule has 0 radical (unpaired) electrons. The van der Waals surface area contributed by atoms with Gasteiger partial charge >= 0.3 is 0 Å². The fourth-order valence-corrected chi connectivity index (χ4v) is 3.26. The molecule has 0 aromatic heterocycles. The molecule has 0 aliphatic rings. The van der Waals surface area contributed by atoms with E-state index in [9.17, 15) is 4.39 Å². The van der Waals surface area contributed by atoms with Crippen molar-refractivity contribution in [1.29, 1.82) is 0 Å². The van der Waals surface area contributed by atoms with Gasteiger partial charge in [-0.3, -0.25) is 0 Å². The Kier molecular flexibility index (Phi) is 5.89. The minimum absolute atomic E-state index is 0.199. The maximum absolute atomic E-state index is 13.0. The number of halogens is 2. The van der Waals surface area contributed by atoms with Crippen LogP contribution in [0.5, 0.6) is 0 Å². The summed E-state index contributed by atoms with van der Waals surface area (Å²) in [5.74, 6) is 0.672. The second-order valence-electron chi connectivity index (χ2n) is 4.43. The van der Waals surface area contributed by atoms with E-state index in [2.05, 4.69) is 12.2 Å². The lowest BCUT2D eigenvalue weighted by atomic mass is 10.1. The lowest BCUT2D eigenvalue weighted by molar-refractivity contribution is 0.598. The Bertz CT molecular complexity index is 544. The third-order valence-corrected chi connectivity index (χ3v) is 4.26. The summed E-state index contributed by atoms with van der Waals surface area (Å²) >= 11 is 7.73. The van der Waals surface area contributed by atoms with Gasteiger partial charge in [-0.05, 0) is 42.4 Å². The number of thioether (sulfide) groups is 1. The molecule has 0 saturated carbocycles. The zero-order chi connectivity index (χ0) is 14.4. The molecule has 106 valence electrons. The summed E-state index contributed by atoms with van der Waals surface area (Å²) in [5.41, 5.74) is 1.10. The monoisotopic (exact) mass is 309 g/mol. The second kappa shape index (κ2) is 7.67. The van der Waals surface area contributed by atoms with E-state index in [1.54, 1.807) is 11.8 Å². The van der Waals surface area contributed by atoms with Crippen LogP contribution >= 0.6 is 23.4 Å². The summed E-state index contributed by atoms with van der Waals surface area (Å²) in [4.78, 5) is 1.14. The van der Waals surface area contributed by atoms with Gasteiger partial charge in [0.1, 0.15) is 5.82 Å². The lowest BCUT2D eigenvalue weighted by Crippen LogP contribution is -2.22. The van der Waals surface area contributed by atoms with Gasteiger partial charge in [-0.2, -0.15) is 0 Å². The molecule has 2 aromatic carbocycles. The van der Waals surface area contributed by atoms with Crippen molar-refractivity contribution in [2.75, 3.05) is 12.3 Å². The van der Waals surface area contributed by atoms with E-state index < -0.39 is 0 Å². The number of hydrogen-bond donors (Lipinski definition) is 1. The molecule has 0 aliphatic carbocycles. The Morgan fingerprint density at radius 1 is 1.20 bits per heavy atom. The van der Waals surface area contributed by atoms with Crippen LogP contribution in [0.1, 0.15) is 18.5 Å². The van der Waals surface area contributed by atoms with Crippen LogP contribution in [0.3, 0.4) is 0 Å². The SMILES string of the molecule is CCNC(CSc1cccc(Cl)c1)c1ccc(F)cc1. The lowest BCUT2D eigenvalue weighted by Gasteiger charge is -2.18. The molecule has 0 amide bonds. The molecule has 1 atom stereocenters. The molecule has 1 nitrogen and oxygen atoms in total. The quantitative estimate of drug-likeness (QED) is 0.760. The van der Waals surface area contributed by atoms with Crippen LogP contribution in [0.2, 0.25) is 5.02 Å². The maximum Gasteiger partial charge on any atom is 0.123 e. The van der Waals surface area contributed by atoms with Crippen LogP contribution in [0, 0.1) is 5.82 Å². The predicted octanol–water partition coefficient (Wildman–Crippen LogP) is 4.92. The third-order valence-electron chi connectivity index (χ3n) is 2.94. The molecule has 0 heterocycles. The Morgan fingerprint density at radius 2 is 1.95 bits per heavy atom. The normalized spacial score (nSPS) is 12.3. The Balaban J connectivity index is 2.04. The van der Waals surface area contributed by atoms with Crippen molar-refractivity contribution < 1.29 is 4.39 Å². The highest BCUT2D eigenvalue weighted by Crippen LogP contribution is 2.26. The van der Waals surface area contributed by atoms with Crippen molar-refractivity contribution in [3.8, 4) is 0 Å². The fraction of sp³-hybridized carbons (Fsp3) is 0.250. The van der Waals surface area contributed by atoms with Crippen molar-refractivity contribution in [3.63, 3.8) is 0 Å². The molecule has 0 bridgehead atoms. The first kappa shape index (κ1) is 15.4. The Hall–Kier alpha value is -1.03. The van der Waals surface area contributed by atoms with Crippen molar-refractivity contribution in [2.45, 2.75) is 17.9 Å². The van der Waals surface area contributed by atoms with Crippen LogP contribution in [0.15, 0.2) is 53.4 Å². The first-order chi connectivity index (χ1) is 9.69. The molecule has 0 spiro atoms. The third kappa shape index (κ3) is 4.51. The van der Waals surface area contributed by atoms with Gasteiger partial charge in [-0.15, -0.1) is 11.8 Å². The average Bonchev–Trinajstić information content (AvgIpc) is 2.44. The van der Waals surface area contributed by atoms with Crippen molar-refractivity contribution in [2.24, 2.45) is 0 Å². The molecule has 0 fully saturated rings. The second-order valence-corrected chi connectivity index (χ2v) is 5.96. The Morgan fingerprint density at radius 3 is 2.60 bits per heavy atom. The molecule has 1 unspecified atom stereocenters. The van der Waals surface area contributed by atoms with E-state index in [0.29, 0.717) is 0 Å². The Labute approximate surface area is 128 Å².